The molecule has 0 radical (unpaired) electrons. The minimum Gasteiger partial charge on any atom is -0.310 e. The molecule has 9 heteroatoms. The summed E-state index contributed by atoms with van der Waals surface area (Å²) in [6.07, 6.45) is 6.94. The van der Waals surface area contributed by atoms with Gasteiger partial charge in [0.25, 0.3) is 0 Å². The van der Waals surface area contributed by atoms with Crippen molar-refractivity contribution in [2.45, 2.75) is 19.6 Å². The van der Waals surface area contributed by atoms with Crippen molar-refractivity contribution in [1.29, 1.82) is 0 Å². The molecule has 0 fully saturated rings. The average molecular weight is 806 g/mol. The van der Waals surface area contributed by atoms with Crippen LogP contribution in [0.5, 0.6) is 0 Å². The molecule has 5 heterocycles. The lowest BCUT2D eigenvalue weighted by Gasteiger charge is -2.46. The predicted octanol–water partition coefficient (Wildman–Crippen LogP) is 7.21. The molecule has 3 aliphatic heterocycles. The number of nitrogens with zero attached hydrogens (tertiary/aromatic N) is 5. The number of fused-ring (bicyclic) bond motifs is 6. The van der Waals surface area contributed by atoms with Gasteiger partial charge < -0.3 is 4.90 Å². The van der Waals surface area contributed by atoms with Gasteiger partial charge in [-0.05, 0) is 74.7 Å². The molecule has 0 N–H and O–H groups in total. The van der Waals surface area contributed by atoms with E-state index < -0.39 is 8.07 Å². The Morgan fingerprint density at radius 1 is 0.458 bits per heavy atom. The third-order valence-corrected chi connectivity index (χ3v) is 19.2. The lowest BCUT2D eigenvalue weighted by atomic mass is 9.36. The van der Waals surface area contributed by atoms with Gasteiger partial charge in [0, 0.05) is 54.5 Å². The quantitative estimate of drug-likeness (QED) is 0.171. The average Bonchev–Trinajstić information content (AvgIpc) is 3.32. The molecule has 0 amide bonds. The van der Waals surface area contributed by atoms with E-state index in [1.54, 1.807) is 12.7 Å². The largest absolute Gasteiger partial charge is 0.310 e. The molecule has 0 bridgehead atoms. The maximum atomic E-state index is 4.77. The van der Waals surface area contributed by atoms with Crippen LogP contribution in [0.1, 0.15) is 0 Å². The molecule has 276 valence electrons. The SMILES string of the molecule is c1ccc([Si]2(c3ccccc3)c3cc(-c4ccncn4)ccc3N(c3ccc4c5c3Sc3ccccc3B5c3ccccc3S4)c3ccc(-c4ccncn4)cc32)cc1. The zero-order chi connectivity index (χ0) is 38.9. The molecule has 0 atom stereocenters. The van der Waals surface area contributed by atoms with Crippen molar-refractivity contribution in [3.63, 3.8) is 0 Å². The van der Waals surface area contributed by atoms with E-state index in [-0.39, 0.29) is 6.71 Å². The van der Waals surface area contributed by atoms with E-state index in [0.717, 1.165) is 22.5 Å². The Morgan fingerprint density at radius 3 is 1.51 bits per heavy atom. The highest BCUT2D eigenvalue weighted by Crippen LogP contribution is 2.48. The Hall–Kier alpha value is -6.52. The third-order valence-electron chi connectivity index (χ3n) is 12.0. The molecule has 59 heavy (non-hydrogen) atoms. The molecule has 0 unspecified atom stereocenters. The van der Waals surface area contributed by atoms with E-state index in [0.29, 0.717) is 0 Å². The van der Waals surface area contributed by atoms with Gasteiger partial charge in [-0.3, -0.25) is 0 Å². The van der Waals surface area contributed by atoms with Crippen LogP contribution in [0.25, 0.3) is 22.5 Å². The monoisotopic (exact) mass is 805 g/mol. The smallest absolute Gasteiger partial charge is 0.247 e. The van der Waals surface area contributed by atoms with Crippen molar-refractivity contribution >= 4 is 92.5 Å². The lowest BCUT2D eigenvalue weighted by Crippen LogP contribution is -2.77. The Morgan fingerprint density at radius 2 is 0.966 bits per heavy atom. The van der Waals surface area contributed by atoms with E-state index >= 15 is 0 Å². The molecule has 0 saturated heterocycles. The van der Waals surface area contributed by atoms with Crippen molar-refractivity contribution in [1.82, 2.24) is 19.9 Å². The predicted molar refractivity (Wildman–Crippen MR) is 246 cm³/mol. The van der Waals surface area contributed by atoms with Crippen LogP contribution >= 0.6 is 23.5 Å². The van der Waals surface area contributed by atoms with Crippen LogP contribution < -0.4 is 42.0 Å². The third kappa shape index (κ3) is 5.28. The summed E-state index contributed by atoms with van der Waals surface area (Å²) in [7, 11) is -3.08. The summed E-state index contributed by atoms with van der Waals surface area (Å²) in [5.41, 5.74) is 11.6. The van der Waals surface area contributed by atoms with Crippen LogP contribution in [0.15, 0.2) is 214 Å². The summed E-state index contributed by atoms with van der Waals surface area (Å²) < 4.78 is 0. The van der Waals surface area contributed by atoms with Crippen molar-refractivity contribution in [3.05, 3.63) is 195 Å². The van der Waals surface area contributed by atoms with Crippen LogP contribution in [-0.2, 0) is 0 Å². The minimum absolute atomic E-state index is 0.140. The summed E-state index contributed by atoms with van der Waals surface area (Å²) in [4.78, 5) is 25.9. The van der Waals surface area contributed by atoms with E-state index in [9.17, 15) is 0 Å². The zero-order valence-electron chi connectivity index (χ0n) is 31.6. The van der Waals surface area contributed by atoms with Gasteiger partial charge in [0.2, 0.25) is 6.71 Å². The van der Waals surface area contributed by atoms with Crippen molar-refractivity contribution in [2.75, 3.05) is 4.90 Å². The first-order chi connectivity index (χ1) is 29.3. The zero-order valence-corrected chi connectivity index (χ0v) is 34.2. The first kappa shape index (κ1) is 34.5. The van der Waals surface area contributed by atoms with Crippen LogP contribution in [0.4, 0.5) is 17.1 Å². The summed E-state index contributed by atoms with van der Waals surface area (Å²) in [5.74, 6) is 0. The second-order valence-corrected chi connectivity index (χ2v) is 20.9. The van der Waals surface area contributed by atoms with Crippen LogP contribution in [0, 0.1) is 0 Å². The molecule has 2 aromatic heterocycles. The van der Waals surface area contributed by atoms with Crippen LogP contribution in [0.3, 0.4) is 0 Å². The second kappa shape index (κ2) is 13.8. The molecular formula is C50H32BN5S2Si. The first-order valence-electron chi connectivity index (χ1n) is 19.7. The Labute approximate surface area is 352 Å². The highest BCUT2D eigenvalue weighted by Gasteiger charge is 2.50. The number of anilines is 3. The van der Waals surface area contributed by atoms with Gasteiger partial charge in [0.15, 0.2) is 8.07 Å². The molecule has 3 aliphatic rings. The van der Waals surface area contributed by atoms with Gasteiger partial charge in [0.1, 0.15) is 12.7 Å². The highest BCUT2D eigenvalue weighted by atomic mass is 32.2. The number of hydrogen-bond donors (Lipinski definition) is 0. The number of benzene rings is 7. The fraction of sp³-hybridized carbons (Fsp3) is 0. The topological polar surface area (TPSA) is 54.8 Å². The second-order valence-electron chi connectivity index (χ2n) is 15.0. The molecule has 5 nitrogen and oxygen atoms in total. The Kier molecular flexibility index (Phi) is 8.08. The highest BCUT2D eigenvalue weighted by molar-refractivity contribution is 8.01. The molecule has 0 aliphatic carbocycles. The van der Waals surface area contributed by atoms with E-state index in [1.165, 1.54) is 73.8 Å². The number of rotatable bonds is 5. The molecule has 7 aromatic carbocycles. The Balaban J connectivity index is 1.20. The van der Waals surface area contributed by atoms with Crippen molar-refractivity contribution in [3.8, 4) is 22.5 Å². The molecule has 9 aromatic rings. The van der Waals surface area contributed by atoms with Crippen molar-refractivity contribution in [2.24, 2.45) is 0 Å². The van der Waals surface area contributed by atoms with E-state index in [1.807, 2.05) is 48.1 Å². The van der Waals surface area contributed by atoms with Gasteiger partial charge in [0.05, 0.1) is 17.1 Å². The summed E-state index contributed by atoms with van der Waals surface area (Å²) in [6, 6.07) is 63.1. The standard InChI is InChI=1S/C50H32BN5S2Si/c1-3-11-35(12-4-1)59(36-13-5-2-6-14-36)47-29-33(39-25-27-52-31-54-39)19-21-41(47)56(42-22-20-34(30-48(42)59)40-26-28-53-32-55-40)43-23-24-46-49-50(43)58-45-18-10-8-16-38(45)51(49)37-15-7-9-17-44(37)57-46/h1-32H. The Bertz CT molecular complexity index is 2940. The molecular weight excluding hydrogens is 774 g/mol. The molecule has 0 saturated carbocycles. The summed E-state index contributed by atoms with van der Waals surface area (Å²) >= 11 is 3.80. The summed E-state index contributed by atoms with van der Waals surface area (Å²) in [6.45, 7) is 0.140. The van der Waals surface area contributed by atoms with Crippen molar-refractivity contribution < 1.29 is 0 Å². The van der Waals surface area contributed by atoms with Gasteiger partial charge in [-0.2, -0.15) is 0 Å². The maximum absolute atomic E-state index is 4.77. The first-order valence-corrected chi connectivity index (χ1v) is 23.3. The van der Waals surface area contributed by atoms with E-state index in [2.05, 4.69) is 173 Å². The fourth-order valence-corrected chi connectivity index (χ4v) is 17.2. The number of hydrogen-bond acceptors (Lipinski definition) is 7. The van der Waals surface area contributed by atoms with Crippen LogP contribution in [0.2, 0.25) is 0 Å². The number of aromatic nitrogens is 4. The fourth-order valence-electron chi connectivity index (χ4n) is 9.55. The lowest BCUT2D eigenvalue weighted by molar-refractivity contribution is 1.17. The maximum Gasteiger partial charge on any atom is 0.247 e. The molecule has 0 spiro atoms. The van der Waals surface area contributed by atoms with E-state index in [4.69, 9.17) is 9.97 Å². The summed E-state index contributed by atoms with van der Waals surface area (Å²) in [5, 5.41) is 5.24. The normalized spacial score (nSPS) is 14.0. The molecule has 12 rings (SSSR count). The van der Waals surface area contributed by atoms with Crippen LogP contribution in [-0.4, -0.2) is 34.7 Å². The van der Waals surface area contributed by atoms with Gasteiger partial charge in [-0.25, -0.2) is 19.9 Å². The van der Waals surface area contributed by atoms with Gasteiger partial charge in [-0.15, -0.1) is 0 Å². The van der Waals surface area contributed by atoms with Gasteiger partial charge in [-0.1, -0.05) is 156 Å². The van der Waals surface area contributed by atoms with Gasteiger partial charge >= 0.3 is 0 Å². The minimum atomic E-state index is -3.08.